The molecule has 0 saturated carbocycles. The topological polar surface area (TPSA) is 54.4 Å². The van der Waals surface area contributed by atoms with E-state index in [4.69, 9.17) is 4.55 Å². The number of halogens is 3. The van der Waals surface area contributed by atoms with Gasteiger partial charge in [-0.05, 0) is 6.07 Å². The smallest absolute Gasteiger partial charge is 0.282 e. The van der Waals surface area contributed by atoms with E-state index in [2.05, 4.69) is 6.58 Å². The number of rotatable bonds is 2. The molecule has 0 aliphatic carbocycles. The van der Waals surface area contributed by atoms with E-state index in [0.29, 0.717) is 6.07 Å². The maximum atomic E-state index is 13.0. The highest BCUT2D eigenvalue weighted by Crippen LogP contribution is 2.24. The lowest BCUT2D eigenvalue weighted by Crippen LogP contribution is -2.08. The van der Waals surface area contributed by atoms with Crippen molar-refractivity contribution in [2.45, 2.75) is 4.90 Å². The summed E-state index contributed by atoms with van der Waals surface area (Å²) in [7, 11) is -4.97. The van der Waals surface area contributed by atoms with Crippen molar-refractivity contribution in [1.29, 1.82) is 0 Å². The predicted octanol–water partition coefficient (Wildman–Crippen LogP) is 1.99. The fourth-order valence-corrected chi connectivity index (χ4v) is 1.77. The van der Waals surface area contributed by atoms with E-state index in [1.54, 1.807) is 0 Å². The Morgan fingerprint density at radius 2 is 1.80 bits per heavy atom. The van der Waals surface area contributed by atoms with Crippen LogP contribution in [0.25, 0.3) is 6.08 Å². The summed E-state index contributed by atoms with van der Waals surface area (Å²) in [6, 6.07) is 0.425. The summed E-state index contributed by atoms with van der Waals surface area (Å²) in [6.45, 7) is 3.09. The zero-order valence-electron chi connectivity index (χ0n) is 7.17. The van der Waals surface area contributed by atoms with Crippen LogP contribution in [0.3, 0.4) is 0 Å². The molecule has 1 N–H and O–H groups in total. The van der Waals surface area contributed by atoms with E-state index in [9.17, 15) is 21.6 Å². The van der Waals surface area contributed by atoms with Crippen LogP contribution >= 0.6 is 0 Å². The maximum absolute atomic E-state index is 13.0. The quantitative estimate of drug-likeness (QED) is 0.633. The Bertz CT molecular complexity index is 522. The minimum Gasteiger partial charge on any atom is -0.282 e. The van der Waals surface area contributed by atoms with Crippen molar-refractivity contribution in [1.82, 2.24) is 0 Å². The average Bonchev–Trinajstić information content (AvgIpc) is 2.11. The van der Waals surface area contributed by atoms with Gasteiger partial charge in [-0.25, -0.2) is 13.2 Å². The lowest BCUT2D eigenvalue weighted by atomic mass is 10.2. The van der Waals surface area contributed by atoms with Gasteiger partial charge in [-0.3, -0.25) is 4.55 Å². The van der Waals surface area contributed by atoms with Gasteiger partial charge in [0.2, 0.25) is 0 Å². The summed E-state index contributed by atoms with van der Waals surface area (Å²) in [6.07, 6.45) is 0.786. The van der Waals surface area contributed by atoms with Crippen LogP contribution in [0.5, 0.6) is 0 Å². The zero-order chi connectivity index (χ0) is 11.8. The average molecular weight is 238 g/mol. The van der Waals surface area contributed by atoms with Gasteiger partial charge in [0.1, 0.15) is 4.90 Å². The molecule has 3 nitrogen and oxygen atoms in total. The van der Waals surface area contributed by atoms with Gasteiger partial charge in [0.15, 0.2) is 17.5 Å². The van der Waals surface area contributed by atoms with Gasteiger partial charge in [0.25, 0.3) is 10.1 Å². The summed E-state index contributed by atoms with van der Waals surface area (Å²) in [5.41, 5.74) is -0.547. The van der Waals surface area contributed by atoms with Crippen LogP contribution in [0, 0.1) is 17.5 Å². The molecular formula is C8H5F3O3S. The Morgan fingerprint density at radius 3 is 2.20 bits per heavy atom. The van der Waals surface area contributed by atoms with Gasteiger partial charge in [-0.2, -0.15) is 8.42 Å². The lowest BCUT2D eigenvalue weighted by molar-refractivity contribution is 0.422. The van der Waals surface area contributed by atoms with E-state index in [0.717, 1.165) is 6.08 Å². The van der Waals surface area contributed by atoms with Gasteiger partial charge in [0, 0.05) is 5.56 Å². The van der Waals surface area contributed by atoms with E-state index < -0.39 is 38.0 Å². The fraction of sp³-hybridized carbons (Fsp3) is 0. The van der Waals surface area contributed by atoms with Crippen molar-refractivity contribution in [2.75, 3.05) is 0 Å². The Balaban J connectivity index is 3.78. The molecule has 0 fully saturated rings. The SMILES string of the molecule is C=Cc1cc(F)c(F)c(F)c1S(=O)(=O)O. The standard InChI is InChI=1S/C8H5F3O3S/c1-2-4-3-5(9)6(10)7(11)8(4)15(12,13)14/h2-3H,1H2,(H,12,13,14). The van der Waals surface area contributed by atoms with Gasteiger partial charge in [-0.1, -0.05) is 12.7 Å². The first-order valence-corrected chi connectivity index (χ1v) is 5.00. The minimum atomic E-state index is -4.97. The van der Waals surface area contributed by atoms with E-state index in [1.807, 2.05) is 0 Å². The molecule has 7 heteroatoms. The van der Waals surface area contributed by atoms with Crippen molar-refractivity contribution < 1.29 is 26.1 Å². The molecule has 0 amide bonds. The van der Waals surface area contributed by atoms with Gasteiger partial charge in [0.05, 0.1) is 0 Å². The van der Waals surface area contributed by atoms with Crippen molar-refractivity contribution in [2.24, 2.45) is 0 Å². The summed E-state index contributed by atoms with van der Waals surface area (Å²) >= 11 is 0. The van der Waals surface area contributed by atoms with E-state index >= 15 is 0 Å². The molecule has 15 heavy (non-hydrogen) atoms. The molecule has 0 atom stereocenters. The van der Waals surface area contributed by atoms with E-state index in [1.165, 1.54) is 0 Å². The molecule has 1 aromatic carbocycles. The molecule has 0 aromatic heterocycles. The summed E-state index contributed by atoms with van der Waals surface area (Å²) in [4.78, 5) is -1.32. The molecule has 0 aliphatic heterocycles. The Hall–Kier alpha value is -1.34. The van der Waals surface area contributed by atoms with Crippen LogP contribution in [-0.4, -0.2) is 13.0 Å². The van der Waals surface area contributed by atoms with Crippen LogP contribution in [0.2, 0.25) is 0 Å². The highest BCUT2D eigenvalue weighted by molar-refractivity contribution is 7.86. The van der Waals surface area contributed by atoms with Crippen LogP contribution in [-0.2, 0) is 10.1 Å². The third-order valence-corrected chi connectivity index (χ3v) is 2.55. The molecule has 0 saturated heterocycles. The molecule has 0 heterocycles. The molecule has 0 radical (unpaired) electrons. The molecule has 0 aliphatic rings. The lowest BCUT2D eigenvalue weighted by Gasteiger charge is -2.05. The van der Waals surface area contributed by atoms with Crippen molar-refractivity contribution >= 4 is 16.2 Å². The van der Waals surface area contributed by atoms with E-state index in [-0.39, 0.29) is 0 Å². The van der Waals surface area contributed by atoms with Gasteiger partial charge < -0.3 is 0 Å². The van der Waals surface area contributed by atoms with Gasteiger partial charge >= 0.3 is 0 Å². The second-order valence-corrected chi connectivity index (χ2v) is 3.94. The first-order chi connectivity index (χ1) is 6.79. The van der Waals surface area contributed by atoms with Crippen LogP contribution < -0.4 is 0 Å². The highest BCUT2D eigenvalue weighted by atomic mass is 32.2. The third kappa shape index (κ3) is 2.02. The molecule has 1 rings (SSSR count). The monoisotopic (exact) mass is 238 g/mol. The zero-order valence-corrected chi connectivity index (χ0v) is 7.98. The van der Waals surface area contributed by atoms with Crippen LogP contribution in [0.4, 0.5) is 13.2 Å². The first-order valence-electron chi connectivity index (χ1n) is 3.56. The van der Waals surface area contributed by atoms with Crippen molar-refractivity contribution in [3.05, 3.63) is 35.7 Å². The normalized spacial score (nSPS) is 11.5. The molecule has 0 spiro atoms. The second kappa shape index (κ2) is 3.67. The Kier molecular flexibility index (Phi) is 2.87. The highest BCUT2D eigenvalue weighted by Gasteiger charge is 2.25. The predicted molar refractivity (Wildman–Crippen MR) is 46.2 cm³/mol. The maximum Gasteiger partial charge on any atom is 0.298 e. The molecule has 0 bridgehead atoms. The first kappa shape index (κ1) is 11.7. The largest absolute Gasteiger partial charge is 0.298 e. The summed E-state index contributed by atoms with van der Waals surface area (Å²) in [5, 5.41) is 0. The summed E-state index contributed by atoms with van der Waals surface area (Å²) < 4.78 is 68.3. The second-order valence-electron chi connectivity index (χ2n) is 2.58. The van der Waals surface area contributed by atoms with Crippen molar-refractivity contribution in [3.63, 3.8) is 0 Å². The minimum absolute atomic E-state index is 0.425. The summed E-state index contributed by atoms with van der Waals surface area (Å²) in [5.74, 6) is -5.49. The van der Waals surface area contributed by atoms with Crippen LogP contribution in [0.1, 0.15) is 5.56 Å². The van der Waals surface area contributed by atoms with Crippen molar-refractivity contribution in [3.8, 4) is 0 Å². The van der Waals surface area contributed by atoms with Crippen LogP contribution in [0.15, 0.2) is 17.5 Å². The third-order valence-electron chi connectivity index (χ3n) is 1.62. The van der Waals surface area contributed by atoms with Gasteiger partial charge in [-0.15, -0.1) is 0 Å². The molecule has 0 unspecified atom stereocenters. The molecule has 1 aromatic rings. The number of benzene rings is 1. The number of hydrogen-bond acceptors (Lipinski definition) is 2. The Morgan fingerprint density at radius 1 is 1.27 bits per heavy atom. The molecule has 82 valence electrons. The Labute approximate surface area is 83.6 Å². The molecular weight excluding hydrogens is 233 g/mol. The number of hydrogen-bond donors (Lipinski definition) is 1. The fourth-order valence-electron chi connectivity index (χ4n) is 1.01.